The molecule has 0 bridgehead atoms. The molecule has 0 aliphatic heterocycles. The maximum Gasteiger partial charge on any atom is 0.119 e. The zero-order valence-corrected chi connectivity index (χ0v) is 11.7. The van der Waals surface area contributed by atoms with E-state index in [0.29, 0.717) is 12.6 Å². The van der Waals surface area contributed by atoms with Crippen LogP contribution >= 0.6 is 0 Å². The fourth-order valence-electron chi connectivity index (χ4n) is 2.76. The number of rotatable bonds is 4. The van der Waals surface area contributed by atoms with Crippen LogP contribution in [0.4, 0.5) is 0 Å². The lowest BCUT2D eigenvalue weighted by Gasteiger charge is -2.13. The van der Waals surface area contributed by atoms with Crippen LogP contribution in [0.25, 0.3) is 11.1 Å². The first-order valence-corrected chi connectivity index (χ1v) is 7.41. The van der Waals surface area contributed by atoms with Gasteiger partial charge in [-0.3, -0.25) is 0 Å². The van der Waals surface area contributed by atoms with Crippen LogP contribution in [0.2, 0.25) is 0 Å². The fraction of sp³-hybridized carbons (Fsp3) is 0.333. The van der Waals surface area contributed by atoms with Crippen molar-refractivity contribution >= 4 is 0 Å². The van der Waals surface area contributed by atoms with Gasteiger partial charge >= 0.3 is 0 Å². The van der Waals surface area contributed by atoms with Crippen LogP contribution in [0.15, 0.2) is 48.5 Å². The Kier molecular flexibility index (Phi) is 4.03. The maximum absolute atomic E-state index is 5.99. The Labute approximate surface area is 120 Å². The predicted molar refractivity (Wildman–Crippen MR) is 82.7 cm³/mol. The molecule has 2 aromatic carbocycles. The van der Waals surface area contributed by atoms with Crippen LogP contribution in [0, 0.1) is 0 Å². The number of nitrogens with two attached hydrogens (primary N) is 1. The van der Waals surface area contributed by atoms with Gasteiger partial charge in [0.05, 0.1) is 6.10 Å². The number of benzene rings is 2. The Bertz CT molecular complexity index is 539. The van der Waals surface area contributed by atoms with Crippen molar-refractivity contribution in [2.75, 3.05) is 0 Å². The normalized spacial score (nSPS) is 15.4. The van der Waals surface area contributed by atoms with E-state index in [1.807, 2.05) is 0 Å². The zero-order chi connectivity index (χ0) is 13.8. The summed E-state index contributed by atoms with van der Waals surface area (Å²) in [7, 11) is 0. The molecular weight excluding hydrogens is 246 g/mol. The molecule has 2 N–H and O–H groups in total. The van der Waals surface area contributed by atoms with Gasteiger partial charge in [0.15, 0.2) is 0 Å². The van der Waals surface area contributed by atoms with Gasteiger partial charge in [0, 0.05) is 6.54 Å². The van der Waals surface area contributed by atoms with Crippen LogP contribution in [0.1, 0.15) is 31.2 Å². The Morgan fingerprint density at radius 3 is 1.95 bits per heavy atom. The summed E-state index contributed by atoms with van der Waals surface area (Å²) in [5, 5.41) is 0. The maximum atomic E-state index is 5.99. The van der Waals surface area contributed by atoms with Crippen LogP contribution in [0.5, 0.6) is 5.75 Å². The van der Waals surface area contributed by atoms with Gasteiger partial charge < -0.3 is 10.5 Å². The van der Waals surface area contributed by atoms with E-state index in [4.69, 9.17) is 10.5 Å². The molecule has 3 rings (SSSR count). The third-order valence-electron chi connectivity index (χ3n) is 3.98. The minimum Gasteiger partial charge on any atom is -0.490 e. The van der Waals surface area contributed by atoms with Gasteiger partial charge in [0.2, 0.25) is 0 Å². The van der Waals surface area contributed by atoms with Crippen molar-refractivity contribution in [3.8, 4) is 16.9 Å². The number of ether oxygens (including phenoxy) is 1. The van der Waals surface area contributed by atoms with Crippen molar-refractivity contribution in [2.45, 2.75) is 38.3 Å². The second kappa shape index (κ2) is 6.10. The third kappa shape index (κ3) is 3.02. The van der Waals surface area contributed by atoms with E-state index in [0.717, 1.165) is 11.3 Å². The summed E-state index contributed by atoms with van der Waals surface area (Å²) >= 11 is 0. The van der Waals surface area contributed by atoms with E-state index in [1.54, 1.807) is 0 Å². The van der Waals surface area contributed by atoms with Crippen molar-refractivity contribution in [1.29, 1.82) is 0 Å². The molecule has 1 aliphatic carbocycles. The highest BCUT2D eigenvalue weighted by atomic mass is 16.5. The number of hydrogen-bond donors (Lipinski definition) is 1. The van der Waals surface area contributed by atoms with Crippen LogP contribution in [-0.4, -0.2) is 6.10 Å². The smallest absolute Gasteiger partial charge is 0.119 e. The summed E-state index contributed by atoms with van der Waals surface area (Å²) in [6.07, 6.45) is 5.42. The summed E-state index contributed by atoms with van der Waals surface area (Å²) in [4.78, 5) is 0. The molecule has 0 amide bonds. The minimum atomic E-state index is 0.421. The van der Waals surface area contributed by atoms with Gasteiger partial charge in [-0.2, -0.15) is 0 Å². The summed E-state index contributed by atoms with van der Waals surface area (Å²) in [6.45, 7) is 0.592. The summed E-state index contributed by atoms with van der Waals surface area (Å²) < 4.78 is 5.99. The molecule has 104 valence electrons. The largest absolute Gasteiger partial charge is 0.490 e. The van der Waals surface area contributed by atoms with Crippen molar-refractivity contribution in [3.63, 3.8) is 0 Å². The molecule has 0 heterocycles. The molecule has 0 unspecified atom stereocenters. The second-order valence-corrected chi connectivity index (χ2v) is 5.45. The standard InChI is InChI=1S/C18H21NO/c19-13-14-5-7-15(8-6-14)16-9-11-18(12-10-16)20-17-3-1-2-4-17/h5-12,17H,1-4,13,19H2. The van der Waals surface area contributed by atoms with Crippen molar-refractivity contribution in [1.82, 2.24) is 0 Å². The average Bonchev–Trinajstić information content (AvgIpc) is 3.01. The molecule has 0 atom stereocenters. The van der Waals surface area contributed by atoms with Gasteiger partial charge in [0.1, 0.15) is 5.75 Å². The van der Waals surface area contributed by atoms with Gasteiger partial charge in [-0.15, -0.1) is 0 Å². The Morgan fingerprint density at radius 1 is 0.850 bits per heavy atom. The van der Waals surface area contributed by atoms with E-state index >= 15 is 0 Å². The summed E-state index contributed by atoms with van der Waals surface area (Å²) in [5.74, 6) is 0.985. The van der Waals surface area contributed by atoms with Gasteiger partial charge in [-0.05, 0) is 54.5 Å². The van der Waals surface area contributed by atoms with Crippen LogP contribution in [-0.2, 0) is 6.54 Å². The molecule has 2 aromatic rings. The molecular formula is C18H21NO. The first-order chi connectivity index (χ1) is 9.85. The summed E-state index contributed by atoms with van der Waals surface area (Å²) in [6, 6.07) is 16.8. The SMILES string of the molecule is NCc1ccc(-c2ccc(OC3CCCC3)cc2)cc1. The van der Waals surface area contributed by atoms with E-state index in [-0.39, 0.29) is 0 Å². The first-order valence-electron chi connectivity index (χ1n) is 7.41. The molecule has 2 nitrogen and oxygen atoms in total. The highest BCUT2D eigenvalue weighted by molar-refractivity contribution is 5.64. The zero-order valence-electron chi connectivity index (χ0n) is 11.7. The van der Waals surface area contributed by atoms with Crippen LogP contribution in [0.3, 0.4) is 0 Å². The van der Waals surface area contributed by atoms with E-state index < -0.39 is 0 Å². The monoisotopic (exact) mass is 267 g/mol. The first kappa shape index (κ1) is 13.2. The molecule has 1 aliphatic rings. The highest BCUT2D eigenvalue weighted by Crippen LogP contribution is 2.26. The molecule has 0 spiro atoms. The van der Waals surface area contributed by atoms with E-state index in [2.05, 4.69) is 48.5 Å². The molecule has 0 saturated heterocycles. The van der Waals surface area contributed by atoms with Gasteiger partial charge in [0.25, 0.3) is 0 Å². The minimum absolute atomic E-state index is 0.421. The van der Waals surface area contributed by atoms with Crippen molar-refractivity contribution in [2.24, 2.45) is 5.73 Å². The van der Waals surface area contributed by atoms with E-state index in [9.17, 15) is 0 Å². The highest BCUT2D eigenvalue weighted by Gasteiger charge is 2.16. The Hall–Kier alpha value is -1.80. The Morgan fingerprint density at radius 2 is 1.40 bits per heavy atom. The Balaban J connectivity index is 1.71. The fourth-order valence-corrected chi connectivity index (χ4v) is 2.76. The molecule has 2 heteroatoms. The summed E-state index contributed by atoms with van der Waals surface area (Å²) in [5.41, 5.74) is 9.21. The molecule has 0 radical (unpaired) electrons. The lowest BCUT2D eigenvalue weighted by atomic mass is 10.0. The van der Waals surface area contributed by atoms with Crippen molar-refractivity contribution < 1.29 is 4.74 Å². The number of hydrogen-bond acceptors (Lipinski definition) is 2. The van der Waals surface area contributed by atoms with E-state index in [1.165, 1.54) is 36.8 Å². The van der Waals surface area contributed by atoms with Crippen LogP contribution < -0.4 is 10.5 Å². The average molecular weight is 267 g/mol. The van der Waals surface area contributed by atoms with Gasteiger partial charge in [-0.1, -0.05) is 36.4 Å². The third-order valence-corrected chi connectivity index (χ3v) is 3.98. The molecule has 1 fully saturated rings. The molecule has 1 saturated carbocycles. The quantitative estimate of drug-likeness (QED) is 0.903. The predicted octanol–water partition coefficient (Wildman–Crippen LogP) is 4.13. The molecule has 0 aromatic heterocycles. The second-order valence-electron chi connectivity index (χ2n) is 5.45. The molecule has 20 heavy (non-hydrogen) atoms. The lowest BCUT2D eigenvalue weighted by molar-refractivity contribution is 0.210. The van der Waals surface area contributed by atoms with Crippen molar-refractivity contribution in [3.05, 3.63) is 54.1 Å². The lowest BCUT2D eigenvalue weighted by Crippen LogP contribution is -2.10. The topological polar surface area (TPSA) is 35.2 Å². The van der Waals surface area contributed by atoms with Gasteiger partial charge in [-0.25, -0.2) is 0 Å².